The first-order chi connectivity index (χ1) is 10.1. The van der Waals surface area contributed by atoms with Gasteiger partial charge in [-0.2, -0.15) is 0 Å². The zero-order valence-corrected chi connectivity index (χ0v) is 10.7. The summed E-state index contributed by atoms with van der Waals surface area (Å²) in [5, 5.41) is 20.1. The number of nitrogens with zero attached hydrogens (tertiary/aromatic N) is 3. The van der Waals surface area contributed by atoms with Gasteiger partial charge < -0.3 is 10.2 Å². The van der Waals surface area contributed by atoms with Crippen molar-refractivity contribution in [3.63, 3.8) is 0 Å². The lowest BCUT2D eigenvalue weighted by Crippen LogP contribution is -2.08. The summed E-state index contributed by atoms with van der Waals surface area (Å²) in [5.74, 6) is 0.353. The molecule has 0 aliphatic heterocycles. The third-order valence-electron chi connectivity index (χ3n) is 2.80. The van der Waals surface area contributed by atoms with E-state index >= 15 is 0 Å². The van der Waals surface area contributed by atoms with E-state index < -0.39 is 6.09 Å². The van der Waals surface area contributed by atoms with E-state index in [9.17, 15) is 9.90 Å². The quantitative estimate of drug-likeness (QED) is 0.666. The van der Waals surface area contributed by atoms with Gasteiger partial charge in [0.2, 0.25) is 0 Å². The predicted octanol–water partition coefficient (Wildman–Crippen LogP) is 2.49. The summed E-state index contributed by atoms with van der Waals surface area (Å²) in [7, 11) is 0. The highest BCUT2D eigenvalue weighted by Gasteiger charge is 2.06. The second kappa shape index (κ2) is 5.04. The van der Waals surface area contributed by atoms with E-state index in [0.29, 0.717) is 16.9 Å². The number of rotatable bonds is 2. The van der Waals surface area contributed by atoms with Gasteiger partial charge in [-0.15, -0.1) is 0 Å². The van der Waals surface area contributed by atoms with Gasteiger partial charge in [0.15, 0.2) is 5.65 Å². The highest BCUT2D eigenvalue weighted by molar-refractivity contribution is 5.84. The monoisotopic (exact) mass is 282 g/mol. The summed E-state index contributed by atoms with van der Waals surface area (Å²) in [4.78, 5) is 23.3. The van der Waals surface area contributed by atoms with Crippen molar-refractivity contribution >= 4 is 23.1 Å². The Morgan fingerprint density at radius 1 is 1.05 bits per heavy atom. The van der Waals surface area contributed by atoms with Crippen molar-refractivity contribution in [3.8, 4) is 17.0 Å². The van der Waals surface area contributed by atoms with E-state index in [1.54, 1.807) is 36.5 Å². The molecular formula is C14H10N4O3. The van der Waals surface area contributed by atoms with Gasteiger partial charge in [-0.05, 0) is 36.4 Å². The fraction of sp³-hybridized carbons (Fsp3) is 0. The van der Waals surface area contributed by atoms with E-state index in [0.717, 1.165) is 5.56 Å². The maximum Gasteiger partial charge on any atom is 0.410 e. The third kappa shape index (κ3) is 2.71. The number of carboxylic acid groups (broad SMARTS) is 1. The minimum Gasteiger partial charge on any atom is -0.508 e. The number of phenols is 1. The van der Waals surface area contributed by atoms with Crippen LogP contribution in [-0.4, -0.2) is 31.3 Å². The highest BCUT2D eigenvalue weighted by atomic mass is 16.4. The van der Waals surface area contributed by atoms with E-state index in [-0.39, 0.29) is 11.6 Å². The van der Waals surface area contributed by atoms with Crippen LogP contribution in [0.15, 0.2) is 42.6 Å². The number of anilines is 1. The molecule has 0 atom stereocenters. The second-order valence-corrected chi connectivity index (χ2v) is 4.27. The molecule has 7 heteroatoms. The molecule has 0 saturated carbocycles. The average Bonchev–Trinajstić information content (AvgIpc) is 2.46. The van der Waals surface area contributed by atoms with Gasteiger partial charge in [0.05, 0.1) is 11.9 Å². The van der Waals surface area contributed by atoms with Crippen molar-refractivity contribution < 1.29 is 15.0 Å². The lowest BCUT2D eigenvalue weighted by atomic mass is 10.1. The van der Waals surface area contributed by atoms with Crippen molar-refractivity contribution in [1.29, 1.82) is 0 Å². The molecular weight excluding hydrogens is 272 g/mol. The first-order valence-electron chi connectivity index (χ1n) is 6.05. The molecule has 3 rings (SSSR count). The molecule has 3 aromatic rings. The molecule has 2 aromatic heterocycles. The topological polar surface area (TPSA) is 108 Å². The number of pyridine rings is 1. The Kier molecular flexibility index (Phi) is 3.07. The third-order valence-corrected chi connectivity index (χ3v) is 2.80. The Morgan fingerprint density at radius 3 is 2.52 bits per heavy atom. The number of benzene rings is 1. The number of nitrogens with one attached hydrogen (secondary N) is 1. The molecule has 0 bridgehead atoms. The Bertz CT molecular complexity index is 818. The smallest absolute Gasteiger partial charge is 0.410 e. The predicted molar refractivity (Wildman–Crippen MR) is 76.1 cm³/mol. The molecule has 0 fully saturated rings. The standard InChI is InChI=1S/C14H10N4O3/c19-9-3-1-8(2-4-9)11-7-15-10-5-6-12(18-14(20)21)17-13(10)16-11/h1-7,19H,(H,20,21)(H,16,17,18). The Hall–Kier alpha value is -3.22. The molecule has 3 N–H and O–H groups in total. The Labute approximate surface area is 118 Å². The van der Waals surface area contributed by atoms with Gasteiger partial charge in [-0.25, -0.2) is 14.8 Å². The second-order valence-electron chi connectivity index (χ2n) is 4.27. The zero-order valence-electron chi connectivity index (χ0n) is 10.7. The molecule has 104 valence electrons. The average molecular weight is 282 g/mol. The molecule has 2 heterocycles. The summed E-state index contributed by atoms with van der Waals surface area (Å²) >= 11 is 0. The van der Waals surface area contributed by atoms with Gasteiger partial charge in [-0.3, -0.25) is 10.3 Å². The number of hydrogen-bond acceptors (Lipinski definition) is 5. The molecule has 7 nitrogen and oxygen atoms in total. The lowest BCUT2D eigenvalue weighted by Gasteiger charge is -2.04. The van der Waals surface area contributed by atoms with Gasteiger partial charge in [0.1, 0.15) is 17.1 Å². The molecule has 0 saturated heterocycles. The minimum absolute atomic E-state index is 0.165. The van der Waals surface area contributed by atoms with Gasteiger partial charge in [0, 0.05) is 5.56 Å². The maximum atomic E-state index is 10.6. The van der Waals surface area contributed by atoms with Crippen LogP contribution in [0.2, 0.25) is 0 Å². The molecule has 0 unspecified atom stereocenters. The van der Waals surface area contributed by atoms with Gasteiger partial charge in [-0.1, -0.05) is 0 Å². The largest absolute Gasteiger partial charge is 0.508 e. The number of phenolic OH excluding ortho intramolecular Hbond substituents is 1. The van der Waals surface area contributed by atoms with Crippen LogP contribution in [0.5, 0.6) is 5.75 Å². The zero-order chi connectivity index (χ0) is 14.8. The maximum absolute atomic E-state index is 10.6. The summed E-state index contributed by atoms with van der Waals surface area (Å²) in [5.41, 5.74) is 2.27. The highest BCUT2D eigenvalue weighted by Crippen LogP contribution is 2.21. The van der Waals surface area contributed by atoms with E-state index in [1.807, 2.05) is 0 Å². The van der Waals surface area contributed by atoms with Gasteiger partial charge in [0.25, 0.3) is 0 Å². The molecule has 1 amide bonds. The number of fused-ring (bicyclic) bond motifs is 1. The van der Waals surface area contributed by atoms with Crippen LogP contribution in [0.4, 0.5) is 10.6 Å². The van der Waals surface area contributed by atoms with E-state index in [4.69, 9.17) is 5.11 Å². The summed E-state index contributed by atoms with van der Waals surface area (Å²) in [6.07, 6.45) is 0.408. The fourth-order valence-electron chi connectivity index (χ4n) is 1.85. The Morgan fingerprint density at radius 2 is 1.81 bits per heavy atom. The van der Waals surface area contributed by atoms with Crippen molar-refractivity contribution in [3.05, 3.63) is 42.6 Å². The normalized spacial score (nSPS) is 10.5. The lowest BCUT2D eigenvalue weighted by molar-refractivity contribution is 0.209. The molecule has 0 radical (unpaired) electrons. The summed E-state index contributed by atoms with van der Waals surface area (Å²) in [6.45, 7) is 0. The van der Waals surface area contributed by atoms with E-state index in [2.05, 4.69) is 20.3 Å². The van der Waals surface area contributed by atoms with Gasteiger partial charge >= 0.3 is 6.09 Å². The fourth-order valence-corrected chi connectivity index (χ4v) is 1.85. The molecule has 0 aliphatic rings. The van der Waals surface area contributed by atoms with Crippen LogP contribution in [0.1, 0.15) is 0 Å². The van der Waals surface area contributed by atoms with Crippen molar-refractivity contribution in [1.82, 2.24) is 15.0 Å². The number of hydrogen-bond donors (Lipinski definition) is 3. The first-order valence-corrected chi connectivity index (χ1v) is 6.05. The molecule has 21 heavy (non-hydrogen) atoms. The van der Waals surface area contributed by atoms with Crippen LogP contribution in [-0.2, 0) is 0 Å². The number of aromatic nitrogens is 3. The summed E-state index contributed by atoms with van der Waals surface area (Å²) < 4.78 is 0. The first kappa shape index (κ1) is 12.8. The minimum atomic E-state index is -1.19. The van der Waals surface area contributed by atoms with Crippen LogP contribution < -0.4 is 5.32 Å². The van der Waals surface area contributed by atoms with Crippen molar-refractivity contribution in [2.75, 3.05) is 5.32 Å². The van der Waals surface area contributed by atoms with Crippen LogP contribution >= 0.6 is 0 Å². The number of aromatic hydroxyl groups is 1. The Balaban J connectivity index is 2.05. The van der Waals surface area contributed by atoms with Crippen molar-refractivity contribution in [2.24, 2.45) is 0 Å². The molecule has 0 aliphatic carbocycles. The SMILES string of the molecule is O=C(O)Nc1ccc2ncc(-c3ccc(O)cc3)nc2n1. The van der Waals surface area contributed by atoms with Crippen LogP contribution in [0.25, 0.3) is 22.4 Å². The van der Waals surface area contributed by atoms with Crippen LogP contribution in [0, 0.1) is 0 Å². The molecule has 0 spiro atoms. The van der Waals surface area contributed by atoms with Crippen molar-refractivity contribution in [2.45, 2.75) is 0 Å². The molecule has 1 aromatic carbocycles. The number of carbonyl (C=O) groups is 1. The number of amides is 1. The van der Waals surface area contributed by atoms with Crippen LogP contribution in [0.3, 0.4) is 0 Å². The van der Waals surface area contributed by atoms with E-state index in [1.165, 1.54) is 6.07 Å². The summed E-state index contributed by atoms with van der Waals surface area (Å²) in [6, 6.07) is 9.69.